The first-order chi connectivity index (χ1) is 7.67. The van der Waals surface area contributed by atoms with Crippen LogP contribution in [0.4, 0.5) is 0 Å². The zero-order valence-corrected chi connectivity index (χ0v) is 9.82. The van der Waals surface area contributed by atoms with Gasteiger partial charge in [0.15, 0.2) is 0 Å². The first-order valence-electron chi connectivity index (χ1n) is 5.17. The van der Waals surface area contributed by atoms with Gasteiger partial charge < -0.3 is 9.47 Å². The van der Waals surface area contributed by atoms with Crippen LogP contribution in [0.2, 0.25) is 0 Å². The normalized spacial score (nSPS) is 11.1. The molecule has 3 nitrogen and oxygen atoms in total. The first-order valence-corrected chi connectivity index (χ1v) is 5.17. The lowest BCUT2D eigenvalue weighted by Crippen LogP contribution is -2.04. The minimum Gasteiger partial charge on any atom is -0.497 e. The molecule has 1 aromatic carbocycles. The minimum atomic E-state index is -0.279. The van der Waals surface area contributed by atoms with Crippen LogP contribution in [0.1, 0.15) is 19.4 Å². The van der Waals surface area contributed by atoms with E-state index in [0.29, 0.717) is 12.2 Å². The van der Waals surface area contributed by atoms with Gasteiger partial charge in [-0.05, 0) is 37.6 Å². The number of rotatable bonds is 4. The molecule has 0 radical (unpaired) electrons. The molecule has 3 heteroatoms. The van der Waals surface area contributed by atoms with Crippen LogP contribution in [0, 0.1) is 0 Å². The van der Waals surface area contributed by atoms with Gasteiger partial charge in [0.25, 0.3) is 0 Å². The van der Waals surface area contributed by atoms with Crippen molar-refractivity contribution in [1.82, 2.24) is 0 Å². The molecule has 0 unspecified atom stereocenters. The van der Waals surface area contributed by atoms with Crippen molar-refractivity contribution in [1.29, 1.82) is 0 Å². The molecule has 0 saturated carbocycles. The van der Waals surface area contributed by atoms with Crippen molar-refractivity contribution in [2.24, 2.45) is 0 Å². The largest absolute Gasteiger partial charge is 0.497 e. The molecule has 0 saturated heterocycles. The molecule has 0 aliphatic carbocycles. The molecule has 0 fully saturated rings. The molecule has 1 aromatic rings. The lowest BCUT2D eigenvalue weighted by molar-refractivity contribution is -0.138. The van der Waals surface area contributed by atoms with E-state index in [2.05, 4.69) is 0 Å². The number of hydrogen-bond donors (Lipinski definition) is 0. The third-order valence-corrected chi connectivity index (χ3v) is 2.10. The Morgan fingerprint density at radius 2 is 1.94 bits per heavy atom. The second-order valence-corrected chi connectivity index (χ2v) is 3.32. The van der Waals surface area contributed by atoms with Gasteiger partial charge in [-0.2, -0.15) is 0 Å². The van der Waals surface area contributed by atoms with E-state index in [-0.39, 0.29) is 5.97 Å². The van der Waals surface area contributed by atoms with Crippen LogP contribution < -0.4 is 4.74 Å². The second-order valence-electron chi connectivity index (χ2n) is 3.32. The summed E-state index contributed by atoms with van der Waals surface area (Å²) in [5.74, 6) is 0.518. The van der Waals surface area contributed by atoms with Gasteiger partial charge >= 0.3 is 5.97 Å². The lowest BCUT2D eigenvalue weighted by Gasteiger charge is -2.02. The third kappa shape index (κ3) is 3.42. The number of methoxy groups -OCH3 is 1. The summed E-state index contributed by atoms with van der Waals surface area (Å²) in [5, 5.41) is 0. The average molecular weight is 220 g/mol. The van der Waals surface area contributed by atoms with Gasteiger partial charge in [-0.3, -0.25) is 0 Å². The van der Waals surface area contributed by atoms with Crippen molar-refractivity contribution < 1.29 is 14.3 Å². The van der Waals surface area contributed by atoms with Crippen molar-refractivity contribution in [3.8, 4) is 5.75 Å². The van der Waals surface area contributed by atoms with Crippen molar-refractivity contribution >= 4 is 12.0 Å². The zero-order valence-electron chi connectivity index (χ0n) is 9.82. The fraction of sp³-hybridized carbons (Fsp3) is 0.308. The molecule has 0 aliphatic rings. The highest BCUT2D eigenvalue weighted by Crippen LogP contribution is 2.14. The zero-order chi connectivity index (χ0) is 12.0. The smallest absolute Gasteiger partial charge is 0.333 e. The van der Waals surface area contributed by atoms with Crippen molar-refractivity contribution in [3.05, 3.63) is 35.4 Å². The second kappa shape index (κ2) is 5.95. The topological polar surface area (TPSA) is 35.5 Å². The van der Waals surface area contributed by atoms with Gasteiger partial charge in [0.1, 0.15) is 5.75 Å². The van der Waals surface area contributed by atoms with E-state index in [1.165, 1.54) is 0 Å². The molecule has 16 heavy (non-hydrogen) atoms. The van der Waals surface area contributed by atoms with E-state index in [1.54, 1.807) is 27.0 Å². The van der Waals surface area contributed by atoms with Gasteiger partial charge in [-0.1, -0.05) is 12.1 Å². The van der Waals surface area contributed by atoms with Gasteiger partial charge in [0.05, 0.1) is 13.7 Å². The Morgan fingerprint density at radius 1 is 1.31 bits per heavy atom. The molecule has 0 aliphatic heterocycles. The summed E-state index contributed by atoms with van der Waals surface area (Å²) in [4.78, 5) is 11.4. The molecule has 0 N–H and O–H groups in total. The fourth-order valence-corrected chi connectivity index (χ4v) is 1.25. The van der Waals surface area contributed by atoms with E-state index in [9.17, 15) is 4.79 Å². The van der Waals surface area contributed by atoms with Crippen LogP contribution >= 0.6 is 0 Å². The quantitative estimate of drug-likeness (QED) is 0.578. The summed E-state index contributed by atoms with van der Waals surface area (Å²) in [7, 11) is 1.62. The van der Waals surface area contributed by atoms with Gasteiger partial charge in [0.2, 0.25) is 0 Å². The molecule has 0 bridgehead atoms. The Labute approximate surface area is 95.7 Å². The Balaban J connectivity index is 2.77. The Hall–Kier alpha value is -1.77. The number of carbonyl (C=O) groups is 1. The van der Waals surface area contributed by atoms with Crippen LogP contribution in [0.15, 0.2) is 29.8 Å². The van der Waals surface area contributed by atoms with Crippen molar-refractivity contribution in [2.75, 3.05) is 13.7 Å². The highest BCUT2D eigenvalue weighted by molar-refractivity contribution is 5.92. The van der Waals surface area contributed by atoms with E-state index in [4.69, 9.17) is 9.47 Å². The monoisotopic (exact) mass is 220 g/mol. The molecule has 0 amide bonds. The van der Waals surface area contributed by atoms with Gasteiger partial charge in [0, 0.05) is 5.57 Å². The average Bonchev–Trinajstić information content (AvgIpc) is 2.30. The van der Waals surface area contributed by atoms with Crippen LogP contribution in [-0.2, 0) is 9.53 Å². The number of benzene rings is 1. The first kappa shape index (κ1) is 12.3. The summed E-state index contributed by atoms with van der Waals surface area (Å²) < 4.78 is 9.94. The maximum absolute atomic E-state index is 11.4. The van der Waals surface area contributed by atoms with E-state index in [0.717, 1.165) is 11.3 Å². The molecular formula is C13H16O3. The summed E-state index contributed by atoms with van der Waals surface area (Å²) in [6.45, 7) is 3.92. The lowest BCUT2D eigenvalue weighted by atomic mass is 10.1. The fourth-order valence-electron chi connectivity index (χ4n) is 1.25. The molecule has 0 aromatic heterocycles. The summed E-state index contributed by atoms with van der Waals surface area (Å²) in [6.07, 6.45) is 1.79. The number of hydrogen-bond acceptors (Lipinski definition) is 3. The van der Waals surface area contributed by atoms with Crippen LogP contribution in [-0.4, -0.2) is 19.7 Å². The van der Waals surface area contributed by atoms with Crippen LogP contribution in [0.5, 0.6) is 5.75 Å². The predicted molar refractivity (Wildman–Crippen MR) is 63.3 cm³/mol. The van der Waals surface area contributed by atoms with E-state index >= 15 is 0 Å². The van der Waals surface area contributed by atoms with Crippen LogP contribution in [0.3, 0.4) is 0 Å². The third-order valence-electron chi connectivity index (χ3n) is 2.10. The van der Waals surface area contributed by atoms with E-state index < -0.39 is 0 Å². The number of esters is 1. The molecule has 0 heterocycles. The Kier molecular flexibility index (Phi) is 4.58. The van der Waals surface area contributed by atoms with Crippen molar-refractivity contribution in [3.63, 3.8) is 0 Å². The van der Waals surface area contributed by atoms with Gasteiger partial charge in [-0.15, -0.1) is 0 Å². The molecule has 86 valence electrons. The number of ether oxygens (including phenoxy) is 2. The summed E-state index contributed by atoms with van der Waals surface area (Å²) in [5.41, 5.74) is 1.54. The highest BCUT2D eigenvalue weighted by Gasteiger charge is 2.03. The molecule has 0 atom stereocenters. The Bertz CT molecular complexity index is 377. The van der Waals surface area contributed by atoms with Crippen molar-refractivity contribution in [2.45, 2.75) is 13.8 Å². The van der Waals surface area contributed by atoms with Gasteiger partial charge in [-0.25, -0.2) is 4.79 Å². The summed E-state index contributed by atoms with van der Waals surface area (Å²) >= 11 is 0. The molecule has 1 rings (SSSR count). The molecular weight excluding hydrogens is 204 g/mol. The highest BCUT2D eigenvalue weighted by atomic mass is 16.5. The maximum atomic E-state index is 11.4. The van der Waals surface area contributed by atoms with Crippen LogP contribution in [0.25, 0.3) is 6.08 Å². The predicted octanol–water partition coefficient (Wildman–Crippen LogP) is 2.66. The van der Waals surface area contributed by atoms with E-state index in [1.807, 2.05) is 24.3 Å². The maximum Gasteiger partial charge on any atom is 0.333 e. The number of carbonyl (C=O) groups excluding carboxylic acids is 1. The Morgan fingerprint density at radius 3 is 2.44 bits per heavy atom. The summed E-state index contributed by atoms with van der Waals surface area (Å²) in [6, 6.07) is 7.48. The SMILES string of the molecule is CCOC(=O)/C(C)=C/c1ccc(OC)cc1. The minimum absolute atomic E-state index is 0.279. The standard InChI is InChI=1S/C13H16O3/c1-4-16-13(14)10(2)9-11-5-7-12(15-3)8-6-11/h5-9H,4H2,1-3H3/b10-9+. The molecule has 0 spiro atoms.